The SMILES string of the molecule is CCOC(=O)c1cnc2c(N)cccc2c1NCC(C)N1CCOCC1. The Morgan fingerprint density at radius 2 is 2.19 bits per heavy atom. The predicted octanol–water partition coefficient (Wildman–Crippen LogP) is 2.13. The van der Waals surface area contributed by atoms with Crippen LogP contribution in [0.2, 0.25) is 0 Å². The number of pyridine rings is 1. The zero-order valence-electron chi connectivity index (χ0n) is 15.3. The molecule has 0 amide bonds. The molecule has 0 aliphatic carbocycles. The Labute approximate surface area is 153 Å². The van der Waals surface area contributed by atoms with Gasteiger partial charge < -0.3 is 20.5 Å². The van der Waals surface area contributed by atoms with Crippen molar-refractivity contribution >= 4 is 28.2 Å². The van der Waals surface area contributed by atoms with Crippen molar-refractivity contribution in [2.24, 2.45) is 0 Å². The number of carbonyl (C=O) groups is 1. The zero-order valence-corrected chi connectivity index (χ0v) is 15.3. The number of nitrogens with one attached hydrogen (secondary N) is 1. The highest BCUT2D eigenvalue weighted by atomic mass is 16.5. The van der Waals surface area contributed by atoms with Crippen molar-refractivity contribution in [3.63, 3.8) is 0 Å². The highest BCUT2D eigenvalue weighted by molar-refractivity contribution is 6.07. The summed E-state index contributed by atoms with van der Waals surface area (Å²) in [6.07, 6.45) is 1.54. The fourth-order valence-corrected chi connectivity index (χ4v) is 3.20. The average molecular weight is 358 g/mol. The molecule has 1 aliphatic heterocycles. The first-order valence-corrected chi connectivity index (χ1v) is 9.01. The maximum atomic E-state index is 12.4. The van der Waals surface area contributed by atoms with E-state index >= 15 is 0 Å². The lowest BCUT2D eigenvalue weighted by atomic mass is 10.1. The Morgan fingerprint density at radius 3 is 2.92 bits per heavy atom. The van der Waals surface area contributed by atoms with Crippen molar-refractivity contribution in [2.75, 3.05) is 50.5 Å². The number of hydrogen-bond donors (Lipinski definition) is 2. The number of aromatic nitrogens is 1. The quantitative estimate of drug-likeness (QED) is 0.604. The Bertz CT molecular complexity index is 775. The summed E-state index contributed by atoms with van der Waals surface area (Å²) >= 11 is 0. The minimum Gasteiger partial charge on any atom is -0.462 e. The largest absolute Gasteiger partial charge is 0.462 e. The standard InChI is InChI=1S/C19H26N4O3/c1-3-26-19(24)15-12-22-18-14(5-4-6-16(18)20)17(15)21-11-13(2)23-7-9-25-10-8-23/h4-6,12-13H,3,7-11,20H2,1-2H3,(H,21,22). The number of esters is 1. The van der Waals surface area contributed by atoms with Crippen LogP contribution in [0.5, 0.6) is 0 Å². The lowest BCUT2D eigenvalue weighted by Crippen LogP contribution is -2.45. The topological polar surface area (TPSA) is 89.7 Å². The molecule has 1 aromatic carbocycles. The predicted molar refractivity (Wildman–Crippen MR) is 102 cm³/mol. The van der Waals surface area contributed by atoms with E-state index in [2.05, 4.69) is 22.1 Å². The third kappa shape index (κ3) is 3.89. The van der Waals surface area contributed by atoms with Crippen LogP contribution in [-0.2, 0) is 9.47 Å². The van der Waals surface area contributed by atoms with E-state index in [1.807, 2.05) is 12.1 Å². The van der Waals surface area contributed by atoms with Gasteiger partial charge in [-0.1, -0.05) is 12.1 Å². The summed E-state index contributed by atoms with van der Waals surface area (Å²) in [5, 5.41) is 4.26. The van der Waals surface area contributed by atoms with Crippen LogP contribution in [0.3, 0.4) is 0 Å². The molecule has 7 heteroatoms. The molecule has 0 bridgehead atoms. The summed E-state index contributed by atoms with van der Waals surface area (Å²) in [6, 6.07) is 5.89. The number of nitrogens with zero attached hydrogens (tertiary/aromatic N) is 2. The third-order valence-corrected chi connectivity index (χ3v) is 4.67. The van der Waals surface area contributed by atoms with E-state index in [1.54, 1.807) is 19.2 Å². The Balaban J connectivity index is 1.89. The van der Waals surface area contributed by atoms with Gasteiger partial charge in [0.05, 0.1) is 36.7 Å². The van der Waals surface area contributed by atoms with Crippen LogP contribution in [0.4, 0.5) is 11.4 Å². The highest BCUT2D eigenvalue weighted by Crippen LogP contribution is 2.29. The van der Waals surface area contributed by atoms with Gasteiger partial charge in [0.2, 0.25) is 0 Å². The van der Waals surface area contributed by atoms with Gasteiger partial charge in [-0.25, -0.2) is 4.79 Å². The van der Waals surface area contributed by atoms with E-state index in [9.17, 15) is 4.79 Å². The van der Waals surface area contributed by atoms with Gasteiger partial charge in [0.1, 0.15) is 5.56 Å². The first-order chi connectivity index (χ1) is 12.6. The number of anilines is 2. The molecule has 1 saturated heterocycles. The minimum absolute atomic E-state index is 0.304. The monoisotopic (exact) mass is 358 g/mol. The zero-order chi connectivity index (χ0) is 18.5. The maximum Gasteiger partial charge on any atom is 0.341 e. The summed E-state index contributed by atoms with van der Waals surface area (Å²) in [5.41, 5.74) is 8.47. The molecule has 2 heterocycles. The number of ether oxygens (including phenoxy) is 2. The van der Waals surface area contributed by atoms with Gasteiger partial charge in [0.15, 0.2) is 0 Å². The number of fused-ring (bicyclic) bond motifs is 1. The second-order valence-electron chi connectivity index (χ2n) is 6.39. The Hall–Kier alpha value is -2.38. The molecule has 26 heavy (non-hydrogen) atoms. The van der Waals surface area contributed by atoms with Crippen molar-refractivity contribution < 1.29 is 14.3 Å². The van der Waals surface area contributed by atoms with Gasteiger partial charge in [0, 0.05) is 37.3 Å². The van der Waals surface area contributed by atoms with Gasteiger partial charge >= 0.3 is 5.97 Å². The lowest BCUT2D eigenvalue weighted by Gasteiger charge is -2.32. The molecule has 7 nitrogen and oxygen atoms in total. The van der Waals surface area contributed by atoms with Crippen LogP contribution in [0.25, 0.3) is 10.9 Å². The summed E-state index contributed by atoms with van der Waals surface area (Å²) in [7, 11) is 0. The van der Waals surface area contributed by atoms with Crippen molar-refractivity contribution in [1.29, 1.82) is 0 Å². The number of nitrogens with two attached hydrogens (primary N) is 1. The molecule has 0 spiro atoms. The van der Waals surface area contributed by atoms with Crippen molar-refractivity contribution in [3.8, 4) is 0 Å². The van der Waals surface area contributed by atoms with Gasteiger partial charge in [-0.3, -0.25) is 9.88 Å². The second kappa shape index (κ2) is 8.33. The molecule has 0 saturated carbocycles. The first-order valence-electron chi connectivity index (χ1n) is 9.01. The van der Waals surface area contributed by atoms with Gasteiger partial charge in [0.25, 0.3) is 0 Å². The van der Waals surface area contributed by atoms with E-state index in [0.29, 0.717) is 36.0 Å². The number of rotatable bonds is 6. The molecular weight excluding hydrogens is 332 g/mol. The molecule has 2 aromatic rings. The van der Waals surface area contributed by atoms with Gasteiger partial charge in [-0.2, -0.15) is 0 Å². The number of benzene rings is 1. The van der Waals surface area contributed by atoms with Gasteiger partial charge in [-0.15, -0.1) is 0 Å². The molecule has 140 valence electrons. The van der Waals surface area contributed by atoms with E-state index in [1.165, 1.54) is 0 Å². The lowest BCUT2D eigenvalue weighted by molar-refractivity contribution is 0.0227. The highest BCUT2D eigenvalue weighted by Gasteiger charge is 2.20. The van der Waals surface area contributed by atoms with Crippen molar-refractivity contribution in [3.05, 3.63) is 30.0 Å². The second-order valence-corrected chi connectivity index (χ2v) is 6.39. The molecule has 1 aliphatic rings. The van der Waals surface area contributed by atoms with E-state index in [4.69, 9.17) is 15.2 Å². The van der Waals surface area contributed by atoms with Gasteiger partial charge in [-0.05, 0) is 19.9 Å². The Morgan fingerprint density at radius 1 is 1.42 bits per heavy atom. The van der Waals surface area contributed by atoms with Crippen LogP contribution in [0.15, 0.2) is 24.4 Å². The molecule has 3 N–H and O–H groups in total. The van der Waals surface area contributed by atoms with E-state index in [0.717, 1.165) is 37.4 Å². The average Bonchev–Trinajstić information content (AvgIpc) is 2.67. The molecule has 1 fully saturated rings. The van der Waals surface area contributed by atoms with Crippen molar-refractivity contribution in [2.45, 2.75) is 19.9 Å². The third-order valence-electron chi connectivity index (χ3n) is 4.67. The number of nitrogen functional groups attached to an aromatic ring is 1. The summed E-state index contributed by atoms with van der Waals surface area (Å²) < 4.78 is 10.6. The summed E-state index contributed by atoms with van der Waals surface area (Å²) in [6.45, 7) is 8.31. The molecule has 1 aromatic heterocycles. The molecule has 0 radical (unpaired) electrons. The first kappa shape index (κ1) is 18.4. The number of para-hydroxylation sites is 1. The number of carbonyl (C=O) groups excluding carboxylic acids is 1. The normalized spacial score (nSPS) is 16.4. The van der Waals surface area contributed by atoms with E-state index in [-0.39, 0.29) is 5.97 Å². The minimum atomic E-state index is -0.383. The van der Waals surface area contributed by atoms with Crippen LogP contribution >= 0.6 is 0 Å². The Kier molecular flexibility index (Phi) is 5.90. The number of morpholine rings is 1. The van der Waals surface area contributed by atoms with Crippen LogP contribution < -0.4 is 11.1 Å². The number of hydrogen-bond acceptors (Lipinski definition) is 7. The van der Waals surface area contributed by atoms with Crippen molar-refractivity contribution in [1.82, 2.24) is 9.88 Å². The smallest absolute Gasteiger partial charge is 0.341 e. The van der Waals surface area contributed by atoms with Crippen LogP contribution in [0.1, 0.15) is 24.2 Å². The summed E-state index contributed by atoms with van der Waals surface area (Å²) in [4.78, 5) is 19.1. The fraction of sp³-hybridized carbons (Fsp3) is 0.474. The molecule has 1 unspecified atom stereocenters. The molecule has 3 rings (SSSR count). The molecule has 1 atom stereocenters. The van der Waals surface area contributed by atoms with Crippen LogP contribution in [0, 0.1) is 0 Å². The fourth-order valence-electron chi connectivity index (χ4n) is 3.20. The summed E-state index contributed by atoms with van der Waals surface area (Å²) in [5.74, 6) is -0.383. The van der Waals surface area contributed by atoms with Crippen LogP contribution in [-0.4, -0.2) is 61.3 Å². The van der Waals surface area contributed by atoms with E-state index < -0.39 is 0 Å². The maximum absolute atomic E-state index is 12.4. The molecular formula is C19H26N4O3.